The normalized spacial score (nSPS) is 15.9. The van der Waals surface area contributed by atoms with Gasteiger partial charge in [0.1, 0.15) is 0 Å². The van der Waals surface area contributed by atoms with Crippen LogP contribution in [0.25, 0.3) is 0 Å². The summed E-state index contributed by atoms with van der Waals surface area (Å²) in [5.41, 5.74) is 2.23. The van der Waals surface area contributed by atoms with Gasteiger partial charge in [-0.3, -0.25) is 4.79 Å². The van der Waals surface area contributed by atoms with Crippen molar-refractivity contribution in [1.82, 2.24) is 5.32 Å². The molecule has 0 atom stereocenters. The Labute approximate surface area is 123 Å². The van der Waals surface area contributed by atoms with Crippen LogP contribution in [-0.4, -0.2) is 12.5 Å². The SMILES string of the molecule is CCCCCCCNC(=O)C1(c2ccc(C)cc2)CC1. The number of amides is 1. The first kappa shape index (κ1) is 15.1. The number of rotatable bonds is 8. The predicted molar refractivity (Wildman–Crippen MR) is 83.9 cm³/mol. The van der Waals surface area contributed by atoms with E-state index in [9.17, 15) is 4.79 Å². The molecule has 0 bridgehead atoms. The molecular weight excluding hydrogens is 246 g/mol. The molecule has 0 heterocycles. The Morgan fingerprint density at radius 2 is 1.75 bits per heavy atom. The van der Waals surface area contributed by atoms with E-state index in [1.165, 1.54) is 36.8 Å². The van der Waals surface area contributed by atoms with Gasteiger partial charge in [0, 0.05) is 6.54 Å². The number of benzene rings is 1. The third-order valence-corrected chi connectivity index (χ3v) is 4.35. The molecule has 0 aliphatic heterocycles. The lowest BCUT2D eigenvalue weighted by molar-refractivity contribution is -0.123. The van der Waals surface area contributed by atoms with Gasteiger partial charge in [-0.1, -0.05) is 62.4 Å². The first-order valence-corrected chi connectivity index (χ1v) is 8.04. The van der Waals surface area contributed by atoms with Crippen LogP contribution >= 0.6 is 0 Å². The van der Waals surface area contributed by atoms with Gasteiger partial charge in [-0.15, -0.1) is 0 Å². The van der Waals surface area contributed by atoms with Crippen LogP contribution in [0.1, 0.15) is 63.0 Å². The predicted octanol–water partition coefficient (Wildman–Crippen LogP) is 4.11. The Morgan fingerprint density at radius 3 is 2.35 bits per heavy atom. The van der Waals surface area contributed by atoms with Crippen LogP contribution in [0.5, 0.6) is 0 Å². The Morgan fingerprint density at radius 1 is 1.10 bits per heavy atom. The number of carbonyl (C=O) groups is 1. The molecule has 0 spiro atoms. The van der Waals surface area contributed by atoms with Crippen molar-refractivity contribution in [2.45, 2.75) is 64.2 Å². The smallest absolute Gasteiger partial charge is 0.230 e. The topological polar surface area (TPSA) is 29.1 Å². The molecule has 2 rings (SSSR count). The van der Waals surface area contributed by atoms with Crippen molar-refractivity contribution >= 4 is 5.91 Å². The van der Waals surface area contributed by atoms with E-state index in [4.69, 9.17) is 0 Å². The monoisotopic (exact) mass is 273 g/mol. The van der Waals surface area contributed by atoms with Gasteiger partial charge in [-0.05, 0) is 31.7 Å². The zero-order valence-electron chi connectivity index (χ0n) is 12.9. The maximum absolute atomic E-state index is 12.4. The molecule has 0 radical (unpaired) electrons. The maximum atomic E-state index is 12.4. The van der Waals surface area contributed by atoms with Gasteiger partial charge in [0.25, 0.3) is 0 Å². The zero-order valence-corrected chi connectivity index (χ0v) is 12.9. The van der Waals surface area contributed by atoms with Gasteiger partial charge in [-0.25, -0.2) is 0 Å². The molecule has 1 N–H and O–H groups in total. The van der Waals surface area contributed by atoms with Crippen molar-refractivity contribution in [2.24, 2.45) is 0 Å². The van der Waals surface area contributed by atoms with Crippen LogP contribution in [0.2, 0.25) is 0 Å². The summed E-state index contributed by atoms with van der Waals surface area (Å²) in [4.78, 5) is 12.4. The fraction of sp³-hybridized carbons (Fsp3) is 0.611. The molecule has 2 heteroatoms. The largest absolute Gasteiger partial charge is 0.355 e. The highest BCUT2D eigenvalue weighted by Crippen LogP contribution is 2.48. The van der Waals surface area contributed by atoms with Gasteiger partial charge in [-0.2, -0.15) is 0 Å². The van der Waals surface area contributed by atoms with Crippen LogP contribution < -0.4 is 5.32 Å². The molecule has 1 aromatic rings. The molecule has 1 aliphatic rings. The Hall–Kier alpha value is -1.31. The molecule has 0 saturated heterocycles. The van der Waals surface area contributed by atoms with Gasteiger partial charge in [0.2, 0.25) is 5.91 Å². The number of hydrogen-bond donors (Lipinski definition) is 1. The van der Waals surface area contributed by atoms with E-state index in [0.29, 0.717) is 0 Å². The quantitative estimate of drug-likeness (QED) is 0.709. The molecule has 1 amide bonds. The summed E-state index contributed by atoms with van der Waals surface area (Å²) in [6, 6.07) is 8.44. The maximum Gasteiger partial charge on any atom is 0.230 e. The summed E-state index contributed by atoms with van der Waals surface area (Å²) in [7, 11) is 0. The van der Waals surface area contributed by atoms with E-state index < -0.39 is 0 Å². The molecule has 2 nitrogen and oxygen atoms in total. The highest BCUT2D eigenvalue weighted by molar-refractivity contribution is 5.91. The lowest BCUT2D eigenvalue weighted by Crippen LogP contribution is -2.35. The second kappa shape index (κ2) is 6.92. The molecule has 1 fully saturated rings. The number of aryl methyl sites for hydroxylation is 1. The van der Waals surface area contributed by atoms with Crippen LogP contribution in [-0.2, 0) is 10.2 Å². The fourth-order valence-corrected chi connectivity index (χ4v) is 2.74. The van der Waals surface area contributed by atoms with E-state index in [1.54, 1.807) is 0 Å². The standard InChI is InChI=1S/C18H27NO/c1-3-4-5-6-7-14-19-17(20)18(12-13-18)16-10-8-15(2)9-11-16/h8-11H,3-7,12-14H2,1-2H3,(H,19,20). The summed E-state index contributed by atoms with van der Waals surface area (Å²) in [5.74, 6) is 0.233. The summed E-state index contributed by atoms with van der Waals surface area (Å²) < 4.78 is 0. The first-order chi connectivity index (χ1) is 9.69. The average molecular weight is 273 g/mol. The number of nitrogens with one attached hydrogen (secondary N) is 1. The van der Waals surface area contributed by atoms with Crippen molar-refractivity contribution in [3.05, 3.63) is 35.4 Å². The Balaban J connectivity index is 1.78. The van der Waals surface area contributed by atoms with Gasteiger partial charge in [0.05, 0.1) is 5.41 Å². The summed E-state index contributed by atoms with van der Waals surface area (Å²) in [6.45, 7) is 5.14. The van der Waals surface area contributed by atoms with Gasteiger partial charge >= 0.3 is 0 Å². The molecule has 0 aromatic heterocycles. The highest BCUT2D eigenvalue weighted by atomic mass is 16.2. The van der Waals surface area contributed by atoms with E-state index in [0.717, 1.165) is 25.8 Å². The summed E-state index contributed by atoms with van der Waals surface area (Å²) in [5, 5.41) is 3.14. The van der Waals surface area contributed by atoms with Crippen molar-refractivity contribution in [3.63, 3.8) is 0 Å². The molecule has 110 valence electrons. The minimum atomic E-state index is -0.211. The van der Waals surface area contributed by atoms with E-state index in [2.05, 4.69) is 43.4 Å². The Bertz CT molecular complexity index is 431. The molecule has 1 saturated carbocycles. The van der Waals surface area contributed by atoms with E-state index >= 15 is 0 Å². The van der Waals surface area contributed by atoms with Crippen molar-refractivity contribution in [3.8, 4) is 0 Å². The minimum absolute atomic E-state index is 0.211. The fourth-order valence-electron chi connectivity index (χ4n) is 2.74. The average Bonchev–Trinajstić information content (AvgIpc) is 3.25. The van der Waals surface area contributed by atoms with Crippen LogP contribution in [0, 0.1) is 6.92 Å². The second-order valence-corrected chi connectivity index (χ2v) is 6.12. The third-order valence-electron chi connectivity index (χ3n) is 4.35. The minimum Gasteiger partial charge on any atom is -0.355 e. The zero-order chi connectivity index (χ0) is 14.4. The molecule has 1 aromatic carbocycles. The first-order valence-electron chi connectivity index (χ1n) is 8.04. The van der Waals surface area contributed by atoms with Crippen LogP contribution in [0.4, 0.5) is 0 Å². The number of unbranched alkanes of at least 4 members (excludes halogenated alkanes) is 4. The molecule has 1 aliphatic carbocycles. The molecule has 20 heavy (non-hydrogen) atoms. The summed E-state index contributed by atoms with van der Waals surface area (Å²) in [6.07, 6.45) is 8.19. The van der Waals surface area contributed by atoms with E-state index in [-0.39, 0.29) is 11.3 Å². The van der Waals surface area contributed by atoms with E-state index in [1.807, 2.05) is 0 Å². The third kappa shape index (κ3) is 3.62. The Kier molecular flexibility index (Phi) is 5.22. The lowest BCUT2D eigenvalue weighted by Gasteiger charge is -2.16. The van der Waals surface area contributed by atoms with Crippen molar-refractivity contribution in [2.75, 3.05) is 6.54 Å². The molecular formula is C18H27NO. The van der Waals surface area contributed by atoms with Crippen molar-refractivity contribution < 1.29 is 4.79 Å². The van der Waals surface area contributed by atoms with Crippen molar-refractivity contribution in [1.29, 1.82) is 0 Å². The second-order valence-electron chi connectivity index (χ2n) is 6.12. The number of carbonyl (C=O) groups excluding carboxylic acids is 1. The van der Waals surface area contributed by atoms with Crippen LogP contribution in [0.15, 0.2) is 24.3 Å². The van der Waals surface area contributed by atoms with Gasteiger partial charge in [0.15, 0.2) is 0 Å². The lowest BCUT2D eigenvalue weighted by atomic mass is 9.94. The van der Waals surface area contributed by atoms with Gasteiger partial charge < -0.3 is 5.32 Å². The highest BCUT2D eigenvalue weighted by Gasteiger charge is 2.50. The number of hydrogen-bond acceptors (Lipinski definition) is 1. The van der Waals surface area contributed by atoms with Crippen LogP contribution in [0.3, 0.4) is 0 Å². The summed E-state index contributed by atoms with van der Waals surface area (Å²) >= 11 is 0. The molecule has 0 unspecified atom stereocenters.